The molecule has 0 aliphatic heterocycles. The maximum Gasteiger partial charge on any atom is 0.151 e. The summed E-state index contributed by atoms with van der Waals surface area (Å²) in [5, 5.41) is 2.99. The van der Waals surface area contributed by atoms with E-state index in [0.717, 1.165) is 5.56 Å². The highest BCUT2D eigenvalue weighted by atomic mass is 16.1. The molecular weight excluding hydrogens is 162 g/mol. The zero-order valence-corrected chi connectivity index (χ0v) is 8.29. The van der Waals surface area contributed by atoms with E-state index in [2.05, 4.69) is 5.32 Å². The first kappa shape index (κ1) is 9.93. The molecule has 0 aliphatic rings. The average molecular weight is 177 g/mol. The van der Waals surface area contributed by atoms with Crippen LogP contribution in [-0.4, -0.2) is 12.8 Å². The molecule has 13 heavy (non-hydrogen) atoms. The van der Waals surface area contributed by atoms with Crippen LogP contribution in [0.5, 0.6) is 0 Å². The van der Waals surface area contributed by atoms with Crippen molar-refractivity contribution >= 4 is 5.78 Å². The van der Waals surface area contributed by atoms with E-state index in [9.17, 15) is 4.79 Å². The molecule has 1 rings (SSSR count). The smallest absolute Gasteiger partial charge is 0.151 e. The Kier molecular flexibility index (Phi) is 3.20. The van der Waals surface area contributed by atoms with Gasteiger partial charge in [0.2, 0.25) is 0 Å². The van der Waals surface area contributed by atoms with Crippen molar-refractivity contribution < 1.29 is 4.79 Å². The molecule has 0 aromatic heterocycles. The maximum absolute atomic E-state index is 11.2. The summed E-state index contributed by atoms with van der Waals surface area (Å²) in [4.78, 5) is 11.2. The third kappa shape index (κ3) is 2.39. The molecule has 0 heterocycles. The Morgan fingerprint density at radius 3 is 2.23 bits per heavy atom. The van der Waals surface area contributed by atoms with E-state index in [-0.39, 0.29) is 11.8 Å². The molecular formula is C11H15NO. The molecule has 0 bridgehead atoms. The molecule has 0 radical (unpaired) electrons. The molecule has 1 N–H and O–H groups in total. The molecule has 0 saturated heterocycles. The fraction of sp³-hybridized carbons (Fsp3) is 0.364. The van der Waals surface area contributed by atoms with Crippen molar-refractivity contribution in [2.24, 2.45) is 0 Å². The van der Waals surface area contributed by atoms with Gasteiger partial charge in [-0.3, -0.25) is 4.79 Å². The minimum atomic E-state index is -0.166. The lowest BCUT2D eigenvalue weighted by atomic mass is 10.0. The zero-order chi connectivity index (χ0) is 9.84. The van der Waals surface area contributed by atoms with Gasteiger partial charge < -0.3 is 5.32 Å². The van der Waals surface area contributed by atoms with Crippen LogP contribution in [-0.2, 0) is 4.79 Å². The normalized spacial score (nSPS) is 12.5. The number of hydrogen-bond acceptors (Lipinski definition) is 2. The summed E-state index contributed by atoms with van der Waals surface area (Å²) in [7, 11) is 1.80. The fourth-order valence-electron chi connectivity index (χ4n) is 1.36. The van der Waals surface area contributed by atoms with Gasteiger partial charge in [-0.1, -0.05) is 29.8 Å². The summed E-state index contributed by atoms with van der Waals surface area (Å²) in [5.41, 5.74) is 2.24. The highest BCUT2D eigenvalue weighted by Gasteiger charge is 2.12. The van der Waals surface area contributed by atoms with Crippen LogP contribution in [0.25, 0.3) is 0 Å². The van der Waals surface area contributed by atoms with E-state index in [1.807, 2.05) is 31.2 Å². The van der Waals surface area contributed by atoms with Gasteiger partial charge in [-0.05, 0) is 26.5 Å². The standard InChI is InChI=1S/C11H15NO/c1-8-4-6-10(7-5-8)11(12-3)9(2)13/h4-7,11-12H,1-3H3. The topological polar surface area (TPSA) is 29.1 Å². The number of ketones is 1. The van der Waals surface area contributed by atoms with Crippen molar-refractivity contribution in [1.82, 2.24) is 5.32 Å². The van der Waals surface area contributed by atoms with E-state index in [1.54, 1.807) is 14.0 Å². The molecule has 1 atom stereocenters. The van der Waals surface area contributed by atoms with Gasteiger partial charge in [0.1, 0.15) is 0 Å². The van der Waals surface area contributed by atoms with E-state index >= 15 is 0 Å². The summed E-state index contributed by atoms with van der Waals surface area (Å²) in [6, 6.07) is 7.83. The Bertz CT molecular complexity index is 289. The van der Waals surface area contributed by atoms with E-state index < -0.39 is 0 Å². The van der Waals surface area contributed by atoms with E-state index in [1.165, 1.54) is 5.56 Å². The summed E-state index contributed by atoms with van der Waals surface area (Å²) in [6.45, 7) is 3.63. The number of hydrogen-bond donors (Lipinski definition) is 1. The van der Waals surface area contributed by atoms with Gasteiger partial charge in [0.25, 0.3) is 0 Å². The molecule has 2 nitrogen and oxygen atoms in total. The average Bonchev–Trinajstić information content (AvgIpc) is 2.09. The van der Waals surface area contributed by atoms with Crippen LogP contribution in [0.1, 0.15) is 24.1 Å². The van der Waals surface area contributed by atoms with Crippen molar-refractivity contribution in [2.75, 3.05) is 7.05 Å². The molecule has 0 saturated carbocycles. The van der Waals surface area contributed by atoms with Crippen LogP contribution in [0, 0.1) is 6.92 Å². The van der Waals surface area contributed by atoms with Crippen LogP contribution >= 0.6 is 0 Å². The number of aryl methyl sites for hydroxylation is 1. The lowest BCUT2D eigenvalue weighted by Crippen LogP contribution is -2.23. The Labute approximate surface area is 79.0 Å². The number of Topliss-reactive ketones (excluding diaryl/α,β-unsaturated/α-hetero) is 1. The number of nitrogens with one attached hydrogen (secondary N) is 1. The Hall–Kier alpha value is -1.15. The van der Waals surface area contributed by atoms with Crippen molar-refractivity contribution in [3.8, 4) is 0 Å². The second-order valence-corrected chi connectivity index (χ2v) is 3.24. The Morgan fingerprint density at radius 2 is 1.85 bits per heavy atom. The first-order chi connectivity index (χ1) is 6.15. The van der Waals surface area contributed by atoms with Crippen LogP contribution in [0.15, 0.2) is 24.3 Å². The Morgan fingerprint density at radius 1 is 1.31 bits per heavy atom. The van der Waals surface area contributed by atoms with E-state index in [4.69, 9.17) is 0 Å². The molecule has 2 heteroatoms. The van der Waals surface area contributed by atoms with Crippen LogP contribution < -0.4 is 5.32 Å². The van der Waals surface area contributed by atoms with Gasteiger partial charge in [0.15, 0.2) is 5.78 Å². The third-order valence-corrected chi connectivity index (χ3v) is 2.11. The lowest BCUT2D eigenvalue weighted by molar-refractivity contribution is -0.119. The number of carbonyl (C=O) groups is 1. The molecule has 1 unspecified atom stereocenters. The highest BCUT2D eigenvalue weighted by Crippen LogP contribution is 2.13. The van der Waals surface area contributed by atoms with Crippen molar-refractivity contribution in [3.05, 3.63) is 35.4 Å². The molecule has 0 spiro atoms. The van der Waals surface area contributed by atoms with Gasteiger partial charge in [-0.25, -0.2) is 0 Å². The second-order valence-electron chi connectivity index (χ2n) is 3.24. The number of benzene rings is 1. The second kappa shape index (κ2) is 4.19. The first-order valence-electron chi connectivity index (χ1n) is 4.39. The Balaban J connectivity index is 2.92. The summed E-state index contributed by atoms with van der Waals surface area (Å²) in [5.74, 6) is 0.145. The minimum Gasteiger partial charge on any atom is -0.307 e. The summed E-state index contributed by atoms with van der Waals surface area (Å²) in [6.07, 6.45) is 0. The number of likely N-dealkylation sites (N-methyl/N-ethyl adjacent to an activating group) is 1. The maximum atomic E-state index is 11.2. The molecule has 0 fully saturated rings. The summed E-state index contributed by atoms with van der Waals surface area (Å²) >= 11 is 0. The molecule has 70 valence electrons. The minimum absolute atomic E-state index is 0.145. The SMILES string of the molecule is CNC(C(C)=O)c1ccc(C)cc1. The summed E-state index contributed by atoms with van der Waals surface area (Å²) < 4.78 is 0. The first-order valence-corrected chi connectivity index (χ1v) is 4.39. The predicted molar refractivity (Wildman–Crippen MR) is 53.7 cm³/mol. The fourth-order valence-corrected chi connectivity index (χ4v) is 1.36. The third-order valence-electron chi connectivity index (χ3n) is 2.11. The van der Waals surface area contributed by atoms with Gasteiger partial charge in [0.05, 0.1) is 6.04 Å². The monoisotopic (exact) mass is 177 g/mol. The largest absolute Gasteiger partial charge is 0.307 e. The quantitative estimate of drug-likeness (QED) is 0.763. The number of carbonyl (C=O) groups excluding carboxylic acids is 1. The van der Waals surface area contributed by atoms with Crippen LogP contribution in [0.4, 0.5) is 0 Å². The van der Waals surface area contributed by atoms with E-state index in [0.29, 0.717) is 0 Å². The molecule has 1 aromatic rings. The van der Waals surface area contributed by atoms with Gasteiger partial charge in [-0.15, -0.1) is 0 Å². The lowest BCUT2D eigenvalue weighted by Gasteiger charge is -2.12. The molecule has 0 amide bonds. The van der Waals surface area contributed by atoms with Gasteiger partial charge in [-0.2, -0.15) is 0 Å². The number of rotatable bonds is 3. The molecule has 1 aromatic carbocycles. The van der Waals surface area contributed by atoms with Crippen molar-refractivity contribution in [1.29, 1.82) is 0 Å². The molecule has 0 aliphatic carbocycles. The van der Waals surface area contributed by atoms with Gasteiger partial charge >= 0.3 is 0 Å². The van der Waals surface area contributed by atoms with Gasteiger partial charge in [0, 0.05) is 0 Å². The van der Waals surface area contributed by atoms with Crippen molar-refractivity contribution in [3.63, 3.8) is 0 Å². The van der Waals surface area contributed by atoms with Crippen molar-refractivity contribution in [2.45, 2.75) is 19.9 Å². The van der Waals surface area contributed by atoms with Crippen LogP contribution in [0.3, 0.4) is 0 Å². The van der Waals surface area contributed by atoms with Crippen LogP contribution in [0.2, 0.25) is 0 Å². The highest BCUT2D eigenvalue weighted by molar-refractivity contribution is 5.82. The predicted octanol–water partition coefficient (Wildman–Crippen LogP) is 1.84. The zero-order valence-electron chi connectivity index (χ0n) is 8.29.